The molecule has 0 radical (unpaired) electrons. The van der Waals surface area contributed by atoms with Gasteiger partial charge < -0.3 is 15.4 Å². The van der Waals surface area contributed by atoms with E-state index < -0.39 is 0 Å². The number of pyridine rings is 1. The molecule has 2 aromatic rings. The van der Waals surface area contributed by atoms with Crippen molar-refractivity contribution < 1.29 is 5.11 Å². The van der Waals surface area contributed by atoms with E-state index >= 15 is 0 Å². The van der Waals surface area contributed by atoms with Crippen molar-refractivity contribution >= 4 is 45.6 Å². The summed E-state index contributed by atoms with van der Waals surface area (Å²) in [6, 6.07) is 1.96. The van der Waals surface area contributed by atoms with E-state index in [-0.39, 0.29) is 5.88 Å². The topological polar surface area (TPSA) is 86.2 Å². The first-order valence-corrected chi connectivity index (χ1v) is 7.93. The molecule has 112 valence electrons. The minimum Gasteiger partial charge on any atom is -0.492 e. The minimum atomic E-state index is -0.0180. The molecule has 0 saturated heterocycles. The van der Waals surface area contributed by atoms with E-state index in [0.29, 0.717) is 17.5 Å². The van der Waals surface area contributed by atoms with Crippen LogP contribution in [0.15, 0.2) is 21.7 Å². The number of imidazole rings is 1. The van der Waals surface area contributed by atoms with Crippen LogP contribution in [0, 0.1) is 5.92 Å². The van der Waals surface area contributed by atoms with Crippen LogP contribution in [0.4, 0.5) is 11.8 Å². The van der Waals surface area contributed by atoms with Gasteiger partial charge in [-0.05, 0) is 46.8 Å². The number of hydrogen-bond acceptors (Lipinski definition) is 5. The Morgan fingerprint density at radius 2 is 2.32 bits per heavy atom. The molecule has 1 saturated carbocycles. The van der Waals surface area contributed by atoms with Gasteiger partial charge in [0.05, 0.1) is 0 Å². The average molecular weight is 360 g/mol. The standard InChI is InChI=1S/C15H14BrN5O/c16-10-4-11-9(6-17-13(11)18-7-10)3-12-14(22)21-15(20-12)19-5-8-1-2-8/h3-4,6-8,22H,1-2,5H2,(H2,19,20,21). The monoisotopic (exact) mass is 359 g/mol. The fourth-order valence-electron chi connectivity index (χ4n) is 2.34. The Balaban J connectivity index is 1.61. The molecule has 0 bridgehead atoms. The summed E-state index contributed by atoms with van der Waals surface area (Å²) in [6.45, 7) is 0.893. The normalized spacial score (nSPS) is 18.0. The molecule has 3 N–H and O–H groups in total. The molecule has 0 unspecified atom stereocenters. The van der Waals surface area contributed by atoms with Crippen molar-refractivity contribution in [2.75, 3.05) is 11.9 Å². The van der Waals surface area contributed by atoms with Crippen molar-refractivity contribution in [2.45, 2.75) is 12.8 Å². The fraction of sp³-hybridized carbons (Fsp3) is 0.267. The van der Waals surface area contributed by atoms with Gasteiger partial charge >= 0.3 is 0 Å². The molecule has 6 nitrogen and oxygen atoms in total. The van der Waals surface area contributed by atoms with Crippen LogP contribution in [-0.4, -0.2) is 32.8 Å². The number of halogens is 1. The van der Waals surface area contributed by atoms with Crippen molar-refractivity contribution in [3.63, 3.8) is 0 Å². The van der Waals surface area contributed by atoms with E-state index in [1.807, 2.05) is 12.1 Å². The zero-order chi connectivity index (χ0) is 15.1. The largest absolute Gasteiger partial charge is 0.492 e. The first-order chi connectivity index (χ1) is 10.7. The van der Waals surface area contributed by atoms with E-state index in [4.69, 9.17) is 0 Å². The van der Waals surface area contributed by atoms with Gasteiger partial charge in [0.15, 0.2) is 5.82 Å². The van der Waals surface area contributed by atoms with E-state index in [9.17, 15) is 5.11 Å². The van der Waals surface area contributed by atoms with Crippen LogP contribution in [-0.2, 0) is 0 Å². The lowest BCUT2D eigenvalue weighted by Gasteiger charge is -2.00. The van der Waals surface area contributed by atoms with E-state index in [1.54, 1.807) is 12.4 Å². The SMILES string of the molecule is Oc1nc(NCC2CC2)[nH]c1C=C1C=Nc2ncc(Br)cc21. The van der Waals surface area contributed by atoms with Crippen LogP contribution in [0.2, 0.25) is 0 Å². The van der Waals surface area contributed by atoms with Crippen molar-refractivity contribution in [1.82, 2.24) is 15.0 Å². The number of fused-ring (bicyclic) bond motifs is 1. The molecule has 4 rings (SSSR count). The lowest BCUT2D eigenvalue weighted by atomic mass is 10.1. The average Bonchev–Trinajstić information content (AvgIpc) is 3.16. The van der Waals surface area contributed by atoms with Gasteiger partial charge in [0.25, 0.3) is 0 Å². The van der Waals surface area contributed by atoms with Crippen LogP contribution < -0.4 is 5.32 Å². The third-order valence-corrected chi connectivity index (χ3v) is 4.17. The Hall–Kier alpha value is -2.15. The highest BCUT2D eigenvalue weighted by molar-refractivity contribution is 9.10. The number of aromatic nitrogens is 3. The van der Waals surface area contributed by atoms with Gasteiger partial charge in [0, 0.05) is 34.6 Å². The molecule has 1 aliphatic heterocycles. The Morgan fingerprint density at radius 1 is 1.45 bits per heavy atom. The molecular formula is C15H14BrN5O. The Kier molecular flexibility index (Phi) is 3.22. The zero-order valence-electron chi connectivity index (χ0n) is 11.7. The number of allylic oxidation sites excluding steroid dienone is 1. The van der Waals surface area contributed by atoms with Gasteiger partial charge in [-0.2, -0.15) is 4.98 Å². The first-order valence-electron chi connectivity index (χ1n) is 7.13. The van der Waals surface area contributed by atoms with Crippen LogP contribution in [0.1, 0.15) is 24.1 Å². The molecule has 1 fully saturated rings. The highest BCUT2D eigenvalue weighted by Gasteiger charge is 2.21. The molecule has 0 atom stereocenters. The summed E-state index contributed by atoms with van der Waals surface area (Å²) in [6.07, 6.45) is 7.82. The molecule has 0 spiro atoms. The second-order valence-electron chi connectivity index (χ2n) is 5.53. The molecule has 22 heavy (non-hydrogen) atoms. The number of aliphatic imine (C=N–C) groups is 1. The van der Waals surface area contributed by atoms with Crippen LogP contribution in [0.3, 0.4) is 0 Å². The summed E-state index contributed by atoms with van der Waals surface area (Å²) >= 11 is 3.41. The van der Waals surface area contributed by atoms with Crippen molar-refractivity contribution in [2.24, 2.45) is 10.9 Å². The molecule has 0 amide bonds. The molecule has 2 aromatic heterocycles. The van der Waals surface area contributed by atoms with Crippen LogP contribution in [0.5, 0.6) is 5.88 Å². The number of hydrogen-bond donors (Lipinski definition) is 3. The van der Waals surface area contributed by atoms with Gasteiger partial charge in [0.2, 0.25) is 11.8 Å². The third-order valence-electron chi connectivity index (χ3n) is 3.74. The van der Waals surface area contributed by atoms with Gasteiger partial charge in [-0.15, -0.1) is 0 Å². The number of anilines is 1. The minimum absolute atomic E-state index is 0.0180. The fourth-order valence-corrected chi connectivity index (χ4v) is 2.67. The maximum atomic E-state index is 9.98. The van der Waals surface area contributed by atoms with E-state index in [0.717, 1.165) is 28.1 Å². The summed E-state index contributed by atoms with van der Waals surface area (Å²) in [5.41, 5.74) is 2.37. The summed E-state index contributed by atoms with van der Waals surface area (Å²) in [5, 5.41) is 13.2. The lowest BCUT2D eigenvalue weighted by Crippen LogP contribution is -2.04. The van der Waals surface area contributed by atoms with Gasteiger partial charge in [-0.25, -0.2) is 9.98 Å². The molecule has 1 aliphatic carbocycles. The highest BCUT2D eigenvalue weighted by atomic mass is 79.9. The van der Waals surface area contributed by atoms with Crippen molar-refractivity contribution in [3.8, 4) is 5.88 Å². The van der Waals surface area contributed by atoms with Crippen molar-refractivity contribution in [3.05, 3.63) is 28.0 Å². The molecular weight excluding hydrogens is 346 g/mol. The van der Waals surface area contributed by atoms with E-state index in [2.05, 4.69) is 41.2 Å². The first kappa shape index (κ1) is 13.5. The lowest BCUT2D eigenvalue weighted by molar-refractivity contribution is 0.455. The summed E-state index contributed by atoms with van der Waals surface area (Å²) in [5.74, 6) is 2.00. The molecule has 7 heteroatoms. The molecule has 3 heterocycles. The predicted octanol–water partition coefficient (Wildman–Crippen LogP) is 3.35. The maximum Gasteiger partial charge on any atom is 0.238 e. The summed E-state index contributed by atoms with van der Waals surface area (Å²) < 4.78 is 0.892. The number of aromatic amines is 1. The Morgan fingerprint density at radius 3 is 3.14 bits per heavy atom. The number of H-pyrrole nitrogens is 1. The maximum absolute atomic E-state index is 9.98. The number of nitrogens with zero attached hydrogens (tertiary/aromatic N) is 3. The summed E-state index contributed by atoms with van der Waals surface area (Å²) in [4.78, 5) is 15.7. The summed E-state index contributed by atoms with van der Waals surface area (Å²) in [7, 11) is 0. The second-order valence-corrected chi connectivity index (χ2v) is 6.45. The van der Waals surface area contributed by atoms with Gasteiger partial charge in [-0.3, -0.25) is 0 Å². The van der Waals surface area contributed by atoms with Crippen molar-refractivity contribution in [1.29, 1.82) is 0 Å². The Bertz CT molecular complexity index is 791. The zero-order valence-corrected chi connectivity index (χ0v) is 13.3. The third kappa shape index (κ3) is 2.64. The quantitative estimate of drug-likeness (QED) is 0.781. The van der Waals surface area contributed by atoms with Gasteiger partial charge in [-0.1, -0.05) is 0 Å². The predicted molar refractivity (Wildman–Crippen MR) is 89.4 cm³/mol. The Labute approximate surface area is 135 Å². The van der Waals surface area contributed by atoms with Gasteiger partial charge in [0.1, 0.15) is 5.69 Å². The highest BCUT2D eigenvalue weighted by Crippen LogP contribution is 2.34. The molecule has 0 aromatic carbocycles. The second kappa shape index (κ2) is 5.24. The molecule has 2 aliphatic rings. The van der Waals surface area contributed by atoms with Crippen LogP contribution in [0.25, 0.3) is 11.6 Å². The number of aromatic hydroxyl groups is 1. The smallest absolute Gasteiger partial charge is 0.238 e. The van der Waals surface area contributed by atoms with E-state index in [1.165, 1.54) is 12.8 Å². The van der Waals surface area contributed by atoms with Crippen LogP contribution >= 0.6 is 15.9 Å². The number of rotatable bonds is 4. The number of nitrogens with one attached hydrogen (secondary N) is 2.